The lowest BCUT2D eigenvalue weighted by Crippen LogP contribution is -2.14. The number of hydrogen-bond acceptors (Lipinski definition) is 7. The number of rotatable bonds is 7. The number of hydrogen-bond donors (Lipinski definition) is 2. The topological polar surface area (TPSA) is 79.8 Å². The predicted molar refractivity (Wildman–Crippen MR) is 90.0 cm³/mol. The molecule has 0 unspecified atom stereocenters. The molecular weight excluding hydrogens is 374 g/mol. The van der Waals surface area contributed by atoms with Gasteiger partial charge in [-0.15, -0.1) is 10.2 Å². The SMILES string of the molecule is CCCNc1nnc(SCC(=O)Nc2ccc(Br)cn2)s1. The molecule has 0 aliphatic rings. The summed E-state index contributed by atoms with van der Waals surface area (Å²) in [5.41, 5.74) is 0. The van der Waals surface area contributed by atoms with Crippen LogP contribution in [-0.2, 0) is 4.79 Å². The molecule has 9 heteroatoms. The zero-order chi connectivity index (χ0) is 15.1. The first-order valence-electron chi connectivity index (χ1n) is 6.29. The lowest BCUT2D eigenvalue weighted by atomic mass is 10.4. The van der Waals surface area contributed by atoms with Gasteiger partial charge in [0.15, 0.2) is 4.34 Å². The van der Waals surface area contributed by atoms with Gasteiger partial charge in [0.1, 0.15) is 5.82 Å². The average molecular weight is 388 g/mol. The van der Waals surface area contributed by atoms with E-state index in [0.29, 0.717) is 5.82 Å². The molecule has 2 heterocycles. The van der Waals surface area contributed by atoms with Gasteiger partial charge < -0.3 is 10.6 Å². The molecule has 0 aliphatic carbocycles. The van der Waals surface area contributed by atoms with E-state index in [0.717, 1.165) is 26.9 Å². The monoisotopic (exact) mass is 387 g/mol. The molecule has 1 amide bonds. The van der Waals surface area contributed by atoms with E-state index in [1.807, 2.05) is 6.07 Å². The Morgan fingerprint density at radius 2 is 2.29 bits per heavy atom. The summed E-state index contributed by atoms with van der Waals surface area (Å²) in [6.07, 6.45) is 2.67. The van der Waals surface area contributed by atoms with Gasteiger partial charge in [-0.1, -0.05) is 30.0 Å². The van der Waals surface area contributed by atoms with Gasteiger partial charge in [-0.05, 0) is 34.5 Å². The number of halogens is 1. The molecule has 0 aliphatic heterocycles. The minimum atomic E-state index is -0.118. The Morgan fingerprint density at radius 1 is 1.43 bits per heavy atom. The number of thioether (sulfide) groups is 1. The molecule has 0 bridgehead atoms. The minimum Gasteiger partial charge on any atom is -0.360 e. The first kappa shape index (κ1) is 16.2. The van der Waals surface area contributed by atoms with Crippen molar-refractivity contribution in [3.05, 3.63) is 22.8 Å². The Hall–Kier alpha value is -1.19. The molecular formula is C12H14BrN5OS2. The summed E-state index contributed by atoms with van der Waals surface area (Å²) >= 11 is 6.11. The van der Waals surface area contributed by atoms with Gasteiger partial charge in [-0.25, -0.2) is 4.98 Å². The van der Waals surface area contributed by atoms with Crippen LogP contribution in [0.1, 0.15) is 13.3 Å². The lowest BCUT2D eigenvalue weighted by molar-refractivity contribution is -0.113. The van der Waals surface area contributed by atoms with Crippen LogP contribution in [0.4, 0.5) is 10.9 Å². The molecule has 2 aromatic heterocycles. The number of pyridine rings is 1. The van der Waals surface area contributed by atoms with E-state index in [1.54, 1.807) is 12.3 Å². The molecule has 21 heavy (non-hydrogen) atoms. The second kappa shape index (κ2) is 8.30. The number of nitrogens with zero attached hydrogens (tertiary/aromatic N) is 3. The second-order valence-electron chi connectivity index (χ2n) is 4.00. The highest BCUT2D eigenvalue weighted by molar-refractivity contribution is 9.10. The van der Waals surface area contributed by atoms with Gasteiger partial charge in [0.2, 0.25) is 11.0 Å². The Balaban J connectivity index is 1.78. The molecule has 0 spiro atoms. The van der Waals surface area contributed by atoms with Crippen molar-refractivity contribution in [2.75, 3.05) is 22.9 Å². The fourth-order valence-electron chi connectivity index (χ4n) is 1.33. The van der Waals surface area contributed by atoms with Crippen LogP contribution in [0.5, 0.6) is 0 Å². The number of nitrogens with one attached hydrogen (secondary N) is 2. The maximum absolute atomic E-state index is 11.8. The molecule has 2 rings (SSSR count). The van der Waals surface area contributed by atoms with Gasteiger partial charge in [0.25, 0.3) is 0 Å². The summed E-state index contributed by atoms with van der Waals surface area (Å²) in [6, 6.07) is 3.57. The van der Waals surface area contributed by atoms with Crippen LogP contribution in [0.25, 0.3) is 0 Å². The molecule has 2 N–H and O–H groups in total. The number of aromatic nitrogens is 3. The van der Waals surface area contributed by atoms with Crippen molar-refractivity contribution < 1.29 is 4.79 Å². The van der Waals surface area contributed by atoms with Gasteiger partial charge in [-0.3, -0.25) is 4.79 Å². The number of carbonyl (C=O) groups excluding carboxylic acids is 1. The predicted octanol–water partition coefficient (Wildman–Crippen LogP) is 3.25. The zero-order valence-corrected chi connectivity index (χ0v) is 14.5. The molecule has 0 saturated heterocycles. The van der Waals surface area contributed by atoms with Crippen molar-refractivity contribution in [1.82, 2.24) is 15.2 Å². The van der Waals surface area contributed by atoms with Crippen LogP contribution < -0.4 is 10.6 Å². The molecule has 112 valence electrons. The van der Waals surface area contributed by atoms with Crippen LogP contribution in [-0.4, -0.2) is 33.4 Å². The maximum atomic E-state index is 11.8. The fraction of sp³-hybridized carbons (Fsp3) is 0.333. The third-order valence-electron chi connectivity index (χ3n) is 2.25. The van der Waals surface area contributed by atoms with E-state index < -0.39 is 0 Å². The van der Waals surface area contributed by atoms with E-state index >= 15 is 0 Å². The highest BCUT2D eigenvalue weighted by Gasteiger charge is 2.08. The standard InChI is InChI=1S/C12H14BrN5OS2/c1-2-5-14-11-17-18-12(21-11)20-7-10(19)16-9-4-3-8(13)6-15-9/h3-4,6H,2,5,7H2,1H3,(H,14,17)(H,15,16,19). The van der Waals surface area contributed by atoms with E-state index in [4.69, 9.17) is 0 Å². The molecule has 0 aromatic carbocycles. The molecule has 0 atom stereocenters. The fourth-order valence-corrected chi connectivity index (χ4v) is 3.14. The maximum Gasteiger partial charge on any atom is 0.235 e. The van der Waals surface area contributed by atoms with Crippen molar-refractivity contribution in [2.45, 2.75) is 17.7 Å². The Morgan fingerprint density at radius 3 is 3.00 bits per heavy atom. The summed E-state index contributed by atoms with van der Waals surface area (Å²) in [5, 5.41) is 14.7. The highest BCUT2D eigenvalue weighted by Crippen LogP contribution is 2.25. The number of anilines is 2. The normalized spacial score (nSPS) is 10.4. The summed E-state index contributed by atoms with van der Waals surface area (Å²) in [6.45, 7) is 2.96. The van der Waals surface area contributed by atoms with Gasteiger partial charge in [0, 0.05) is 17.2 Å². The van der Waals surface area contributed by atoms with Crippen molar-refractivity contribution in [3.8, 4) is 0 Å². The zero-order valence-electron chi connectivity index (χ0n) is 11.3. The minimum absolute atomic E-state index is 0.118. The van der Waals surface area contributed by atoms with Crippen molar-refractivity contribution >= 4 is 55.9 Å². The highest BCUT2D eigenvalue weighted by atomic mass is 79.9. The summed E-state index contributed by atoms with van der Waals surface area (Å²) in [4.78, 5) is 15.9. The second-order valence-corrected chi connectivity index (χ2v) is 7.11. The summed E-state index contributed by atoms with van der Waals surface area (Å²) < 4.78 is 1.64. The lowest BCUT2D eigenvalue weighted by Gasteiger charge is -2.02. The van der Waals surface area contributed by atoms with Gasteiger partial charge >= 0.3 is 0 Å². The Labute approximate surface area is 139 Å². The van der Waals surface area contributed by atoms with Crippen LogP contribution in [0.15, 0.2) is 27.1 Å². The molecule has 0 radical (unpaired) electrons. The van der Waals surface area contributed by atoms with E-state index in [2.05, 4.69) is 48.7 Å². The number of carbonyl (C=O) groups is 1. The molecule has 0 fully saturated rings. The van der Waals surface area contributed by atoms with Crippen molar-refractivity contribution in [1.29, 1.82) is 0 Å². The van der Waals surface area contributed by atoms with Crippen molar-refractivity contribution in [2.24, 2.45) is 0 Å². The van der Waals surface area contributed by atoms with Crippen LogP contribution in [0.2, 0.25) is 0 Å². The number of amides is 1. The smallest absolute Gasteiger partial charge is 0.235 e. The van der Waals surface area contributed by atoms with E-state index in [-0.39, 0.29) is 11.7 Å². The molecule has 6 nitrogen and oxygen atoms in total. The third kappa shape index (κ3) is 5.60. The average Bonchev–Trinajstić information content (AvgIpc) is 2.93. The van der Waals surface area contributed by atoms with Gasteiger partial charge in [0.05, 0.1) is 5.75 Å². The van der Waals surface area contributed by atoms with Gasteiger partial charge in [-0.2, -0.15) is 0 Å². The first-order valence-corrected chi connectivity index (χ1v) is 8.88. The van der Waals surface area contributed by atoms with Crippen LogP contribution >= 0.6 is 39.0 Å². The first-order chi connectivity index (χ1) is 10.2. The summed E-state index contributed by atoms with van der Waals surface area (Å²) in [7, 11) is 0. The largest absolute Gasteiger partial charge is 0.360 e. The van der Waals surface area contributed by atoms with Crippen LogP contribution in [0, 0.1) is 0 Å². The van der Waals surface area contributed by atoms with E-state index in [1.165, 1.54) is 23.1 Å². The Kier molecular flexibility index (Phi) is 6.40. The summed E-state index contributed by atoms with van der Waals surface area (Å²) in [5.74, 6) is 0.694. The molecule has 0 saturated carbocycles. The third-order valence-corrected chi connectivity index (χ3v) is 4.74. The van der Waals surface area contributed by atoms with Crippen molar-refractivity contribution in [3.63, 3.8) is 0 Å². The molecule has 2 aromatic rings. The van der Waals surface area contributed by atoms with Crippen LogP contribution in [0.3, 0.4) is 0 Å². The Bertz CT molecular complexity index is 590. The van der Waals surface area contributed by atoms with E-state index in [9.17, 15) is 4.79 Å². The quantitative estimate of drug-likeness (QED) is 0.709.